The Bertz CT molecular complexity index is 664. The lowest BCUT2D eigenvalue weighted by atomic mass is 10.2. The molecule has 0 N–H and O–H groups in total. The van der Waals surface area contributed by atoms with Crippen LogP contribution < -0.4 is 0 Å². The average Bonchev–Trinajstić information content (AvgIpc) is 2.81. The van der Waals surface area contributed by atoms with E-state index in [0.29, 0.717) is 28.7 Å². The van der Waals surface area contributed by atoms with Crippen molar-refractivity contribution in [3.63, 3.8) is 0 Å². The van der Waals surface area contributed by atoms with Gasteiger partial charge in [0.25, 0.3) is 0 Å². The highest BCUT2D eigenvalue weighted by atomic mass is 35.5. The second-order valence-corrected chi connectivity index (χ2v) is 4.42. The summed E-state index contributed by atoms with van der Waals surface area (Å²) in [4.78, 5) is 15.9. The van der Waals surface area contributed by atoms with Crippen LogP contribution >= 0.6 is 11.6 Å². The van der Waals surface area contributed by atoms with Gasteiger partial charge in [0.2, 0.25) is 0 Å². The molecule has 0 saturated heterocycles. The van der Waals surface area contributed by atoms with Crippen molar-refractivity contribution >= 4 is 23.6 Å². The monoisotopic (exact) mass is 291 g/mol. The molecule has 2 aromatic rings. The number of esters is 1. The molecule has 20 heavy (non-hydrogen) atoms. The summed E-state index contributed by atoms with van der Waals surface area (Å²) in [5, 5.41) is 4.49. The zero-order valence-electron chi connectivity index (χ0n) is 11.3. The summed E-state index contributed by atoms with van der Waals surface area (Å²) in [6.07, 6.45) is 4.74. The van der Waals surface area contributed by atoms with Crippen molar-refractivity contribution in [3.8, 4) is 5.69 Å². The fraction of sp³-hybridized carbons (Fsp3) is 0.214. The summed E-state index contributed by atoms with van der Waals surface area (Å²) >= 11 is 6.09. The standard InChI is InChI=1S/C14H14ClN3O2/c1-4-10-6-12(13(15)16-7-10)18-9(3)11(8-17-18)14(19)20-5-2/h4,6-8H,1,5H2,2-3H3. The third-order valence-electron chi connectivity index (χ3n) is 2.81. The number of ether oxygens (including phenoxy) is 1. The minimum absolute atomic E-state index is 0.303. The van der Waals surface area contributed by atoms with Crippen LogP contribution in [0.1, 0.15) is 28.5 Å². The summed E-state index contributed by atoms with van der Waals surface area (Å²) in [6.45, 7) is 7.54. The molecule has 0 fully saturated rings. The van der Waals surface area contributed by atoms with Gasteiger partial charge in [0, 0.05) is 6.20 Å². The van der Waals surface area contributed by atoms with Crippen LogP contribution in [0.15, 0.2) is 25.0 Å². The second kappa shape index (κ2) is 5.88. The van der Waals surface area contributed by atoms with Crippen LogP contribution in [0, 0.1) is 6.92 Å². The van der Waals surface area contributed by atoms with Crippen LogP contribution in [0.25, 0.3) is 11.8 Å². The highest BCUT2D eigenvalue weighted by Gasteiger charge is 2.17. The van der Waals surface area contributed by atoms with E-state index in [9.17, 15) is 4.79 Å². The van der Waals surface area contributed by atoms with Crippen molar-refractivity contribution in [2.24, 2.45) is 0 Å². The van der Waals surface area contributed by atoms with Crippen LogP contribution in [0.2, 0.25) is 5.15 Å². The Morgan fingerprint density at radius 3 is 2.95 bits per heavy atom. The van der Waals surface area contributed by atoms with Crippen LogP contribution in [0.3, 0.4) is 0 Å². The number of hydrogen-bond acceptors (Lipinski definition) is 4. The third kappa shape index (κ3) is 2.58. The summed E-state index contributed by atoms with van der Waals surface area (Å²) in [7, 11) is 0. The highest BCUT2D eigenvalue weighted by Crippen LogP contribution is 2.22. The predicted octanol–water partition coefficient (Wildman–Crippen LogP) is 3.05. The number of aromatic nitrogens is 3. The van der Waals surface area contributed by atoms with Gasteiger partial charge in [-0.1, -0.05) is 24.3 Å². The van der Waals surface area contributed by atoms with Gasteiger partial charge in [-0.3, -0.25) is 0 Å². The Morgan fingerprint density at radius 1 is 1.55 bits per heavy atom. The SMILES string of the molecule is C=Cc1cnc(Cl)c(-n2ncc(C(=O)OCC)c2C)c1. The first-order chi connectivity index (χ1) is 9.58. The molecule has 6 heteroatoms. The average molecular weight is 292 g/mol. The first-order valence-electron chi connectivity index (χ1n) is 6.08. The second-order valence-electron chi connectivity index (χ2n) is 4.06. The van der Waals surface area contributed by atoms with Crippen LogP contribution in [-0.2, 0) is 4.74 Å². The topological polar surface area (TPSA) is 57.0 Å². The molecule has 0 radical (unpaired) electrons. The quantitative estimate of drug-likeness (QED) is 0.642. The number of carbonyl (C=O) groups excluding carboxylic acids is 1. The molecule has 0 amide bonds. The molecule has 104 valence electrons. The molecule has 5 nitrogen and oxygen atoms in total. The Hall–Kier alpha value is -2.14. The number of halogens is 1. The lowest BCUT2D eigenvalue weighted by Gasteiger charge is -2.08. The first-order valence-corrected chi connectivity index (χ1v) is 6.46. The maximum atomic E-state index is 11.8. The number of rotatable bonds is 4. The molecule has 0 aliphatic heterocycles. The van der Waals surface area contributed by atoms with Crippen molar-refractivity contribution < 1.29 is 9.53 Å². The van der Waals surface area contributed by atoms with Gasteiger partial charge in [-0.05, 0) is 25.5 Å². The van der Waals surface area contributed by atoms with E-state index < -0.39 is 5.97 Å². The summed E-state index contributed by atoms with van der Waals surface area (Å²) in [5.74, 6) is -0.403. The fourth-order valence-electron chi connectivity index (χ4n) is 1.77. The molecule has 0 saturated carbocycles. The van der Waals surface area contributed by atoms with Gasteiger partial charge >= 0.3 is 5.97 Å². The van der Waals surface area contributed by atoms with E-state index in [0.717, 1.165) is 5.56 Å². The summed E-state index contributed by atoms with van der Waals surface area (Å²) < 4.78 is 6.54. The van der Waals surface area contributed by atoms with Gasteiger partial charge in [0.05, 0.1) is 18.5 Å². The van der Waals surface area contributed by atoms with Gasteiger partial charge in [0.1, 0.15) is 11.3 Å². The van der Waals surface area contributed by atoms with Crippen molar-refractivity contribution in [2.45, 2.75) is 13.8 Å². The summed E-state index contributed by atoms with van der Waals surface area (Å²) in [6, 6.07) is 1.80. The number of nitrogens with zero attached hydrogens (tertiary/aromatic N) is 3. The Morgan fingerprint density at radius 2 is 2.30 bits per heavy atom. The van der Waals surface area contributed by atoms with Gasteiger partial charge < -0.3 is 4.74 Å². The number of carbonyl (C=O) groups is 1. The van der Waals surface area contributed by atoms with E-state index in [1.165, 1.54) is 6.20 Å². The molecule has 0 atom stereocenters. The molecule has 0 bridgehead atoms. The highest BCUT2D eigenvalue weighted by molar-refractivity contribution is 6.31. The van der Waals surface area contributed by atoms with E-state index in [1.54, 1.807) is 36.9 Å². The molecule has 0 aliphatic rings. The normalized spacial score (nSPS) is 10.3. The van der Waals surface area contributed by atoms with Crippen molar-refractivity contribution in [1.82, 2.24) is 14.8 Å². The van der Waals surface area contributed by atoms with E-state index >= 15 is 0 Å². The largest absolute Gasteiger partial charge is 0.462 e. The molecule has 2 heterocycles. The number of pyridine rings is 1. The Kier molecular flexibility index (Phi) is 4.20. The minimum Gasteiger partial charge on any atom is -0.462 e. The van der Waals surface area contributed by atoms with E-state index in [-0.39, 0.29) is 0 Å². The van der Waals surface area contributed by atoms with Crippen molar-refractivity contribution in [3.05, 3.63) is 47.0 Å². The molecular formula is C14H14ClN3O2. The number of hydrogen-bond donors (Lipinski definition) is 0. The van der Waals surface area contributed by atoms with Crippen LogP contribution in [-0.4, -0.2) is 27.3 Å². The van der Waals surface area contributed by atoms with Gasteiger partial charge in [-0.25, -0.2) is 14.5 Å². The Balaban J connectivity index is 2.49. The Labute approximate surface area is 121 Å². The molecular weight excluding hydrogens is 278 g/mol. The minimum atomic E-state index is -0.403. The van der Waals surface area contributed by atoms with E-state index in [4.69, 9.17) is 16.3 Å². The smallest absolute Gasteiger partial charge is 0.341 e. The maximum absolute atomic E-state index is 11.8. The van der Waals surface area contributed by atoms with Gasteiger partial charge in [-0.15, -0.1) is 0 Å². The fourth-order valence-corrected chi connectivity index (χ4v) is 1.96. The zero-order valence-corrected chi connectivity index (χ0v) is 12.0. The molecule has 2 aromatic heterocycles. The van der Waals surface area contributed by atoms with Crippen LogP contribution in [0.4, 0.5) is 0 Å². The third-order valence-corrected chi connectivity index (χ3v) is 3.10. The lowest BCUT2D eigenvalue weighted by Crippen LogP contribution is -2.07. The predicted molar refractivity (Wildman–Crippen MR) is 77.2 cm³/mol. The molecule has 2 rings (SSSR count). The molecule has 0 spiro atoms. The first kappa shape index (κ1) is 14.3. The van der Waals surface area contributed by atoms with Crippen molar-refractivity contribution in [2.75, 3.05) is 6.61 Å². The van der Waals surface area contributed by atoms with Crippen molar-refractivity contribution in [1.29, 1.82) is 0 Å². The maximum Gasteiger partial charge on any atom is 0.341 e. The molecule has 0 aromatic carbocycles. The van der Waals surface area contributed by atoms with E-state index in [1.807, 2.05) is 0 Å². The summed E-state index contributed by atoms with van der Waals surface area (Å²) in [5.41, 5.74) is 2.47. The van der Waals surface area contributed by atoms with Gasteiger partial charge in [0.15, 0.2) is 5.15 Å². The van der Waals surface area contributed by atoms with Crippen LogP contribution in [0.5, 0.6) is 0 Å². The lowest BCUT2D eigenvalue weighted by molar-refractivity contribution is 0.0525. The molecule has 0 unspecified atom stereocenters. The van der Waals surface area contributed by atoms with E-state index in [2.05, 4.69) is 16.7 Å². The zero-order chi connectivity index (χ0) is 14.7. The molecule has 0 aliphatic carbocycles. The van der Waals surface area contributed by atoms with Gasteiger partial charge in [-0.2, -0.15) is 5.10 Å².